The summed E-state index contributed by atoms with van der Waals surface area (Å²) in [5.41, 5.74) is 1.13. The average molecular weight is 349 g/mol. The molecule has 0 unspecified atom stereocenters. The van der Waals surface area contributed by atoms with Crippen molar-refractivity contribution in [2.45, 2.75) is 6.54 Å². The van der Waals surface area contributed by atoms with E-state index in [-0.39, 0.29) is 18.0 Å². The second kappa shape index (κ2) is 6.95. The summed E-state index contributed by atoms with van der Waals surface area (Å²) in [4.78, 5) is 37.4. The topological polar surface area (TPSA) is 71.3 Å². The second-order valence-corrected chi connectivity index (χ2v) is 6.23. The van der Waals surface area contributed by atoms with Crippen LogP contribution in [0.5, 0.6) is 0 Å². The minimum absolute atomic E-state index is 0.0332. The standard InChI is InChI=1S/C19H19N5O2/c25-18-13-21-15-5-1-2-6-16(15)24(18)14-19(26)23-11-9-22(10-12-23)17-7-3-4-8-20-17/h1-8,13H,9-12,14H2. The minimum Gasteiger partial charge on any atom is -0.353 e. The lowest BCUT2D eigenvalue weighted by Crippen LogP contribution is -2.50. The third-order valence-corrected chi connectivity index (χ3v) is 4.65. The maximum absolute atomic E-state index is 12.7. The first-order chi connectivity index (χ1) is 12.7. The summed E-state index contributed by atoms with van der Waals surface area (Å²) < 4.78 is 1.50. The maximum Gasteiger partial charge on any atom is 0.269 e. The van der Waals surface area contributed by atoms with Crippen LogP contribution in [0.15, 0.2) is 59.7 Å². The first-order valence-corrected chi connectivity index (χ1v) is 8.61. The number of benzene rings is 1. The molecule has 0 spiro atoms. The van der Waals surface area contributed by atoms with Crippen molar-refractivity contribution in [3.8, 4) is 0 Å². The van der Waals surface area contributed by atoms with Gasteiger partial charge in [-0.05, 0) is 24.3 Å². The van der Waals surface area contributed by atoms with E-state index in [0.29, 0.717) is 24.1 Å². The summed E-state index contributed by atoms with van der Waals surface area (Å²) in [7, 11) is 0. The smallest absolute Gasteiger partial charge is 0.269 e. The Morgan fingerprint density at radius 3 is 2.50 bits per heavy atom. The van der Waals surface area contributed by atoms with E-state index in [4.69, 9.17) is 0 Å². The molecule has 3 heterocycles. The molecule has 1 saturated heterocycles. The van der Waals surface area contributed by atoms with Crippen LogP contribution in [-0.4, -0.2) is 51.5 Å². The van der Waals surface area contributed by atoms with Crippen molar-refractivity contribution in [1.29, 1.82) is 0 Å². The highest BCUT2D eigenvalue weighted by molar-refractivity contribution is 5.80. The zero-order valence-corrected chi connectivity index (χ0v) is 14.3. The summed E-state index contributed by atoms with van der Waals surface area (Å²) in [6, 6.07) is 13.2. The van der Waals surface area contributed by atoms with Gasteiger partial charge in [0.1, 0.15) is 12.4 Å². The maximum atomic E-state index is 12.7. The van der Waals surface area contributed by atoms with E-state index in [1.165, 1.54) is 10.8 Å². The molecule has 0 atom stereocenters. The van der Waals surface area contributed by atoms with Crippen molar-refractivity contribution in [2.75, 3.05) is 31.1 Å². The Balaban J connectivity index is 1.47. The fraction of sp³-hybridized carbons (Fsp3) is 0.263. The van der Waals surface area contributed by atoms with Crippen LogP contribution in [0.3, 0.4) is 0 Å². The van der Waals surface area contributed by atoms with E-state index in [0.717, 1.165) is 18.9 Å². The molecule has 1 amide bonds. The average Bonchev–Trinajstić information content (AvgIpc) is 2.71. The third-order valence-electron chi connectivity index (χ3n) is 4.65. The molecule has 1 aliphatic heterocycles. The molecule has 3 aromatic rings. The number of amides is 1. The Kier molecular flexibility index (Phi) is 4.35. The van der Waals surface area contributed by atoms with Gasteiger partial charge in [0.05, 0.1) is 17.2 Å². The summed E-state index contributed by atoms with van der Waals surface area (Å²) in [5.74, 6) is 0.875. The minimum atomic E-state index is -0.260. The largest absolute Gasteiger partial charge is 0.353 e. The number of hydrogen-bond acceptors (Lipinski definition) is 5. The van der Waals surface area contributed by atoms with Gasteiger partial charge in [0.15, 0.2) is 0 Å². The van der Waals surface area contributed by atoms with E-state index in [1.54, 1.807) is 11.1 Å². The van der Waals surface area contributed by atoms with Crippen molar-refractivity contribution in [3.63, 3.8) is 0 Å². The molecule has 132 valence electrons. The number of para-hydroxylation sites is 2. The van der Waals surface area contributed by atoms with Crippen LogP contribution < -0.4 is 10.5 Å². The molecule has 0 N–H and O–H groups in total. The molecule has 1 fully saturated rings. The lowest BCUT2D eigenvalue weighted by molar-refractivity contribution is -0.132. The predicted molar refractivity (Wildman–Crippen MR) is 99.0 cm³/mol. The summed E-state index contributed by atoms with van der Waals surface area (Å²) >= 11 is 0. The van der Waals surface area contributed by atoms with E-state index in [2.05, 4.69) is 14.9 Å². The van der Waals surface area contributed by atoms with Gasteiger partial charge in [-0.3, -0.25) is 14.2 Å². The molecule has 7 heteroatoms. The first kappa shape index (κ1) is 16.3. The highest BCUT2D eigenvalue weighted by Crippen LogP contribution is 2.13. The molecule has 2 aromatic heterocycles. The number of anilines is 1. The molecule has 0 aliphatic carbocycles. The fourth-order valence-electron chi connectivity index (χ4n) is 3.24. The number of carbonyl (C=O) groups excluding carboxylic acids is 1. The number of piperazine rings is 1. The zero-order chi connectivity index (χ0) is 17.9. The summed E-state index contributed by atoms with van der Waals surface area (Å²) in [6.07, 6.45) is 3.04. The quantitative estimate of drug-likeness (QED) is 0.709. The van der Waals surface area contributed by atoms with Crippen LogP contribution in [-0.2, 0) is 11.3 Å². The van der Waals surface area contributed by atoms with Gasteiger partial charge in [0.25, 0.3) is 5.56 Å². The van der Waals surface area contributed by atoms with E-state index in [9.17, 15) is 9.59 Å². The highest BCUT2D eigenvalue weighted by atomic mass is 16.2. The van der Waals surface area contributed by atoms with Crippen LogP contribution >= 0.6 is 0 Å². The molecule has 0 radical (unpaired) electrons. The number of hydrogen-bond donors (Lipinski definition) is 0. The highest BCUT2D eigenvalue weighted by Gasteiger charge is 2.22. The predicted octanol–water partition coefficient (Wildman–Crippen LogP) is 1.14. The number of carbonyl (C=O) groups is 1. The molecule has 0 bridgehead atoms. The van der Waals surface area contributed by atoms with Crippen molar-refractivity contribution < 1.29 is 4.79 Å². The number of aromatic nitrogens is 3. The van der Waals surface area contributed by atoms with E-state index in [1.807, 2.05) is 42.5 Å². The SMILES string of the molecule is O=C(Cn1c(=O)cnc2ccccc21)N1CCN(c2ccccn2)CC1. The Hall–Kier alpha value is -3.22. The van der Waals surface area contributed by atoms with Gasteiger partial charge in [-0.1, -0.05) is 18.2 Å². The van der Waals surface area contributed by atoms with Gasteiger partial charge >= 0.3 is 0 Å². The normalized spacial score (nSPS) is 14.6. The van der Waals surface area contributed by atoms with Crippen LogP contribution in [0.25, 0.3) is 11.0 Å². The van der Waals surface area contributed by atoms with Crippen LogP contribution in [0.2, 0.25) is 0 Å². The molecular formula is C19H19N5O2. The first-order valence-electron chi connectivity index (χ1n) is 8.61. The number of fused-ring (bicyclic) bond motifs is 1. The Labute approximate surface area is 150 Å². The zero-order valence-electron chi connectivity index (χ0n) is 14.3. The number of rotatable bonds is 3. The third kappa shape index (κ3) is 3.15. The fourth-order valence-corrected chi connectivity index (χ4v) is 3.24. The molecule has 0 saturated carbocycles. The van der Waals surface area contributed by atoms with Gasteiger partial charge in [-0.2, -0.15) is 0 Å². The lowest BCUT2D eigenvalue weighted by atomic mass is 10.2. The summed E-state index contributed by atoms with van der Waals surface area (Å²) in [5, 5.41) is 0. The molecule has 4 rings (SSSR count). The lowest BCUT2D eigenvalue weighted by Gasteiger charge is -2.35. The van der Waals surface area contributed by atoms with Crippen molar-refractivity contribution in [3.05, 3.63) is 65.2 Å². The Morgan fingerprint density at radius 1 is 0.962 bits per heavy atom. The molecule has 26 heavy (non-hydrogen) atoms. The van der Waals surface area contributed by atoms with Crippen LogP contribution in [0.4, 0.5) is 5.82 Å². The van der Waals surface area contributed by atoms with Crippen LogP contribution in [0, 0.1) is 0 Å². The molecule has 1 aromatic carbocycles. The van der Waals surface area contributed by atoms with Gasteiger partial charge in [0, 0.05) is 32.4 Å². The van der Waals surface area contributed by atoms with Crippen molar-refractivity contribution in [1.82, 2.24) is 19.4 Å². The van der Waals surface area contributed by atoms with E-state index < -0.39 is 0 Å². The van der Waals surface area contributed by atoms with Crippen molar-refractivity contribution >= 4 is 22.8 Å². The van der Waals surface area contributed by atoms with Gasteiger partial charge in [0.2, 0.25) is 5.91 Å². The van der Waals surface area contributed by atoms with E-state index >= 15 is 0 Å². The summed E-state index contributed by atoms with van der Waals surface area (Å²) in [6.45, 7) is 2.73. The van der Waals surface area contributed by atoms with Gasteiger partial charge in [-0.15, -0.1) is 0 Å². The van der Waals surface area contributed by atoms with Crippen LogP contribution in [0.1, 0.15) is 0 Å². The number of nitrogens with zero attached hydrogens (tertiary/aromatic N) is 5. The Morgan fingerprint density at radius 2 is 1.73 bits per heavy atom. The monoisotopic (exact) mass is 349 g/mol. The second-order valence-electron chi connectivity index (χ2n) is 6.23. The van der Waals surface area contributed by atoms with Gasteiger partial charge < -0.3 is 9.80 Å². The Bertz CT molecular complexity index is 978. The molecular weight excluding hydrogens is 330 g/mol. The molecule has 1 aliphatic rings. The molecule has 7 nitrogen and oxygen atoms in total. The number of pyridine rings is 1. The van der Waals surface area contributed by atoms with Gasteiger partial charge in [-0.25, -0.2) is 9.97 Å². The van der Waals surface area contributed by atoms with Crippen molar-refractivity contribution in [2.24, 2.45) is 0 Å².